The van der Waals surface area contributed by atoms with E-state index < -0.39 is 6.10 Å². The molecule has 1 rings (SSSR count). The molecule has 0 fully saturated rings. The Balaban J connectivity index is 2.63. The molecule has 1 aromatic rings. The Morgan fingerprint density at radius 3 is 2.79 bits per heavy atom. The van der Waals surface area contributed by atoms with E-state index in [1.165, 1.54) is 6.07 Å². The predicted octanol–water partition coefficient (Wildman–Crippen LogP) is 2.66. The van der Waals surface area contributed by atoms with E-state index >= 15 is 0 Å². The SMILES string of the molecule is CC#CCCC(O)c1ccccc1F. The molecule has 74 valence electrons. The van der Waals surface area contributed by atoms with Gasteiger partial charge in [0.2, 0.25) is 0 Å². The van der Waals surface area contributed by atoms with Gasteiger partial charge >= 0.3 is 0 Å². The lowest BCUT2D eigenvalue weighted by molar-refractivity contribution is 0.165. The van der Waals surface area contributed by atoms with E-state index in [4.69, 9.17) is 0 Å². The maximum Gasteiger partial charge on any atom is 0.128 e. The van der Waals surface area contributed by atoms with Crippen molar-refractivity contribution in [2.45, 2.75) is 25.9 Å². The number of hydrogen-bond donors (Lipinski definition) is 1. The highest BCUT2D eigenvalue weighted by Crippen LogP contribution is 2.20. The van der Waals surface area contributed by atoms with Crippen LogP contribution in [-0.2, 0) is 0 Å². The average Bonchev–Trinajstić information content (AvgIpc) is 2.18. The van der Waals surface area contributed by atoms with Gasteiger partial charge in [-0.3, -0.25) is 0 Å². The fraction of sp³-hybridized carbons (Fsp3) is 0.333. The topological polar surface area (TPSA) is 20.2 Å². The van der Waals surface area contributed by atoms with Gasteiger partial charge in [-0.2, -0.15) is 0 Å². The number of rotatable bonds is 3. The summed E-state index contributed by atoms with van der Waals surface area (Å²) < 4.78 is 13.2. The first-order chi connectivity index (χ1) is 6.75. The van der Waals surface area contributed by atoms with E-state index in [1.807, 2.05) is 0 Å². The quantitative estimate of drug-likeness (QED) is 0.730. The Morgan fingerprint density at radius 2 is 2.14 bits per heavy atom. The predicted molar refractivity (Wildman–Crippen MR) is 54.0 cm³/mol. The van der Waals surface area contributed by atoms with Crippen molar-refractivity contribution in [2.75, 3.05) is 0 Å². The van der Waals surface area contributed by atoms with Gasteiger partial charge in [0.05, 0.1) is 6.10 Å². The van der Waals surface area contributed by atoms with Crippen LogP contribution in [0, 0.1) is 17.7 Å². The molecule has 14 heavy (non-hydrogen) atoms. The Bertz CT molecular complexity index is 349. The van der Waals surface area contributed by atoms with Crippen LogP contribution in [0.25, 0.3) is 0 Å². The third kappa shape index (κ3) is 2.86. The zero-order valence-corrected chi connectivity index (χ0v) is 8.13. The summed E-state index contributed by atoms with van der Waals surface area (Å²) in [5, 5.41) is 9.62. The van der Waals surface area contributed by atoms with Crippen molar-refractivity contribution in [1.82, 2.24) is 0 Å². The number of hydrogen-bond acceptors (Lipinski definition) is 1. The second kappa shape index (κ2) is 5.41. The smallest absolute Gasteiger partial charge is 0.128 e. The Kier molecular flexibility index (Phi) is 4.15. The Hall–Kier alpha value is -1.33. The van der Waals surface area contributed by atoms with Crippen molar-refractivity contribution in [2.24, 2.45) is 0 Å². The molecule has 0 aliphatic carbocycles. The Labute approximate surface area is 83.6 Å². The van der Waals surface area contributed by atoms with E-state index in [9.17, 15) is 9.50 Å². The van der Waals surface area contributed by atoms with E-state index in [2.05, 4.69) is 11.8 Å². The van der Waals surface area contributed by atoms with Crippen molar-refractivity contribution >= 4 is 0 Å². The standard InChI is InChI=1S/C12H13FO/c1-2-3-4-9-12(14)10-7-5-6-8-11(10)13/h5-8,12,14H,4,9H2,1H3. The minimum absolute atomic E-state index is 0.352. The zero-order valence-electron chi connectivity index (χ0n) is 8.13. The first-order valence-corrected chi connectivity index (χ1v) is 4.58. The van der Waals surface area contributed by atoms with Crippen LogP contribution in [0.15, 0.2) is 24.3 Å². The molecule has 0 saturated carbocycles. The van der Waals surface area contributed by atoms with Crippen molar-refractivity contribution < 1.29 is 9.50 Å². The fourth-order valence-electron chi connectivity index (χ4n) is 1.23. The highest BCUT2D eigenvalue weighted by atomic mass is 19.1. The first-order valence-electron chi connectivity index (χ1n) is 4.58. The van der Waals surface area contributed by atoms with Crippen LogP contribution in [0.4, 0.5) is 4.39 Å². The highest BCUT2D eigenvalue weighted by molar-refractivity contribution is 5.19. The minimum atomic E-state index is -0.753. The number of benzene rings is 1. The number of aliphatic hydroxyl groups is 1. The summed E-state index contributed by atoms with van der Waals surface area (Å²) in [7, 11) is 0. The van der Waals surface area contributed by atoms with Crippen LogP contribution >= 0.6 is 0 Å². The molecule has 1 N–H and O–H groups in total. The second-order valence-corrected chi connectivity index (χ2v) is 3.00. The molecule has 0 bridgehead atoms. The van der Waals surface area contributed by atoms with Gasteiger partial charge in [-0.05, 0) is 19.4 Å². The molecule has 0 aromatic heterocycles. The largest absolute Gasteiger partial charge is 0.388 e. The van der Waals surface area contributed by atoms with Gasteiger partial charge in [0.1, 0.15) is 5.82 Å². The van der Waals surface area contributed by atoms with Gasteiger partial charge in [0.25, 0.3) is 0 Å². The molecule has 1 atom stereocenters. The van der Waals surface area contributed by atoms with E-state index in [0.29, 0.717) is 18.4 Å². The first kappa shape index (κ1) is 10.7. The molecule has 0 saturated heterocycles. The van der Waals surface area contributed by atoms with Crippen molar-refractivity contribution in [1.29, 1.82) is 0 Å². The van der Waals surface area contributed by atoms with Crippen LogP contribution in [0.2, 0.25) is 0 Å². The number of aliphatic hydroxyl groups excluding tert-OH is 1. The molecule has 1 nitrogen and oxygen atoms in total. The highest BCUT2D eigenvalue weighted by Gasteiger charge is 2.10. The van der Waals surface area contributed by atoms with E-state index in [0.717, 1.165) is 0 Å². The molecule has 0 amide bonds. The van der Waals surface area contributed by atoms with Gasteiger partial charge in [-0.15, -0.1) is 11.8 Å². The van der Waals surface area contributed by atoms with Crippen molar-refractivity contribution in [3.8, 4) is 11.8 Å². The lowest BCUT2D eigenvalue weighted by atomic mass is 10.0. The van der Waals surface area contributed by atoms with Crippen LogP contribution in [0.5, 0.6) is 0 Å². The summed E-state index contributed by atoms with van der Waals surface area (Å²) in [6, 6.07) is 6.27. The fourth-order valence-corrected chi connectivity index (χ4v) is 1.23. The monoisotopic (exact) mass is 192 g/mol. The lowest BCUT2D eigenvalue weighted by Crippen LogP contribution is -1.99. The molecular formula is C12H13FO. The molecule has 0 aliphatic heterocycles. The summed E-state index contributed by atoms with van der Waals surface area (Å²) in [4.78, 5) is 0. The molecule has 0 aliphatic rings. The molecule has 0 heterocycles. The molecule has 0 radical (unpaired) electrons. The molecule has 0 spiro atoms. The van der Waals surface area contributed by atoms with E-state index in [-0.39, 0.29) is 5.82 Å². The van der Waals surface area contributed by atoms with Gasteiger partial charge in [-0.25, -0.2) is 4.39 Å². The molecule has 1 aromatic carbocycles. The molecule has 1 unspecified atom stereocenters. The second-order valence-electron chi connectivity index (χ2n) is 3.00. The lowest BCUT2D eigenvalue weighted by Gasteiger charge is -2.09. The third-order valence-electron chi connectivity index (χ3n) is 1.98. The zero-order chi connectivity index (χ0) is 10.4. The van der Waals surface area contributed by atoms with Gasteiger partial charge < -0.3 is 5.11 Å². The summed E-state index contributed by atoms with van der Waals surface area (Å²) in [6.45, 7) is 1.75. The van der Waals surface area contributed by atoms with Gasteiger partial charge in [0, 0.05) is 12.0 Å². The van der Waals surface area contributed by atoms with Crippen molar-refractivity contribution in [3.05, 3.63) is 35.6 Å². The van der Waals surface area contributed by atoms with Crippen molar-refractivity contribution in [3.63, 3.8) is 0 Å². The summed E-state index contributed by atoms with van der Waals surface area (Å²) in [6.07, 6.45) is 0.311. The normalized spacial score (nSPS) is 11.6. The van der Waals surface area contributed by atoms with Crippen LogP contribution in [0.1, 0.15) is 31.4 Å². The van der Waals surface area contributed by atoms with Gasteiger partial charge in [0.15, 0.2) is 0 Å². The van der Waals surface area contributed by atoms with E-state index in [1.54, 1.807) is 25.1 Å². The minimum Gasteiger partial charge on any atom is -0.388 e. The Morgan fingerprint density at radius 1 is 1.43 bits per heavy atom. The van der Waals surface area contributed by atoms with Gasteiger partial charge in [-0.1, -0.05) is 18.2 Å². The maximum absolute atomic E-state index is 13.2. The van der Waals surface area contributed by atoms with Crippen LogP contribution in [0.3, 0.4) is 0 Å². The maximum atomic E-state index is 13.2. The van der Waals surface area contributed by atoms with Crippen LogP contribution < -0.4 is 0 Å². The molecular weight excluding hydrogens is 179 g/mol. The van der Waals surface area contributed by atoms with Crippen LogP contribution in [-0.4, -0.2) is 5.11 Å². The average molecular weight is 192 g/mol. The summed E-state index contributed by atoms with van der Waals surface area (Å²) in [5.74, 6) is 5.21. The number of halogens is 1. The summed E-state index contributed by atoms with van der Waals surface area (Å²) in [5.41, 5.74) is 0.352. The third-order valence-corrected chi connectivity index (χ3v) is 1.98. The summed E-state index contributed by atoms with van der Waals surface area (Å²) >= 11 is 0. The molecule has 2 heteroatoms.